The van der Waals surface area contributed by atoms with Gasteiger partial charge in [-0.05, 0) is 37.0 Å². The number of ether oxygens (including phenoxy) is 2. The van der Waals surface area contributed by atoms with Gasteiger partial charge in [0.2, 0.25) is 11.8 Å². The highest BCUT2D eigenvalue weighted by Crippen LogP contribution is 2.33. The first kappa shape index (κ1) is 17.4. The smallest absolute Gasteiger partial charge is 0.243 e. The number of carbonyl (C=O) groups excluding carboxylic acids is 2. The molecular formula is C19H22N4O4. The number of hydrogen-bond donors (Lipinski definition) is 2. The van der Waals surface area contributed by atoms with E-state index in [1.165, 1.54) is 4.90 Å². The average Bonchev–Trinajstić information content (AvgIpc) is 3.16. The minimum absolute atomic E-state index is 0.0206. The Bertz CT molecular complexity index is 863. The van der Waals surface area contributed by atoms with Gasteiger partial charge < -0.3 is 19.7 Å². The number of carbonyl (C=O) groups is 2. The summed E-state index contributed by atoms with van der Waals surface area (Å²) >= 11 is 0. The summed E-state index contributed by atoms with van der Waals surface area (Å²) in [4.78, 5) is 26.6. The van der Waals surface area contributed by atoms with E-state index in [1.54, 1.807) is 31.4 Å². The highest BCUT2D eigenvalue weighted by molar-refractivity contribution is 5.95. The fourth-order valence-electron chi connectivity index (χ4n) is 3.59. The summed E-state index contributed by atoms with van der Waals surface area (Å²) in [6.45, 7) is 0.983. The Balaban J connectivity index is 1.38. The molecule has 0 bridgehead atoms. The van der Waals surface area contributed by atoms with Crippen LogP contribution in [0.1, 0.15) is 30.0 Å². The van der Waals surface area contributed by atoms with Crippen LogP contribution in [0.3, 0.4) is 0 Å². The predicted octanol–water partition coefficient (Wildman–Crippen LogP) is 1.70. The van der Waals surface area contributed by atoms with Gasteiger partial charge in [-0.2, -0.15) is 5.10 Å². The van der Waals surface area contributed by atoms with Crippen LogP contribution < -0.4 is 14.8 Å². The lowest BCUT2D eigenvalue weighted by molar-refractivity contribution is -0.135. The summed E-state index contributed by atoms with van der Waals surface area (Å²) in [6.07, 6.45) is 4.43. The van der Waals surface area contributed by atoms with E-state index in [9.17, 15) is 9.59 Å². The number of likely N-dealkylation sites (N-methyl/N-ethyl adjacent to an activating group) is 1. The molecule has 2 N–H and O–H groups in total. The molecule has 1 atom stereocenters. The van der Waals surface area contributed by atoms with Gasteiger partial charge in [0.05, 0.1) is 24.4 Å². The molecule has 8 heteroatoms. The maximum Gasteiger partial charge on any atom is 0.243 e. The number of fused-ring (bicyclic) bond motifs is 2. The van der Waals surface area contributed by atoms with Gasteiger partial charge in [-0.1, -0.05) is 0 Å². The molecule has 0 radical (unpaired) electrons. The Morgan fingerprint density at radius 1 is 1.30 bits per heavy atom. The summed E-state index contributed by atoms with van der Waals surface area (Å²) in [5, 5.41) is 9.80. The third-order valence-corrected chi connectivity index (χ3v) is 4.92. The van der Waals surface area contributed by atoms with Crippen molar-refractivity contribution < 1.29 is 19.1 Å². The van der Waals surface area contributed by atoms with Crippen molar-refractivity contribution in [3.05, 3.63) is 35.7 Å². The van der Waals surface area contributed by atoms with Gasteiger partial charge in [0, 0.05) is 18.8 Å². The molecule has 2 aliphatic rings. The molecular weight excluding hydrogens is 348 g/mol. The number of aromatic nitrogens is 2. The molecule has 1 aromatic carbocycles. The molecule has 2 amide bonds. The van der Waals surface area contributed by atoms with Crippen molar-refractivity contribution in [2.45, 2.75) is 25.2 Å². The molecule has 142 valence electrons. The van der Waals surface area contributed by atoms with Gasteiger partial charge in [0.1, 0.15) is 13.2 Å². The second-order valence-electron chi connectivity index (χ2n) is 6.85. The highest BCUT2D eigenvalue weighted by atomic mass is 16.6. The molecule has 0 saturated heterocycles. The van der Waals surface area contributed by atoms with Crippen LogP contribution >= 0.6 is 0 Å². The van der Waals surface area contributed by atoms with Crippen LogP contribution in [0.4, 0.5) is 5.69 Å². The molecule has 2 aromatic rings. The van der Waals surface area contributed by atoms with Gasteiger partial charge >= 0.3 is 0 Å². The van der Waals surface area contributed by atoms with Crippen LogP contribution in [0.2, 0.25) is 0 Å². The zero-order chi connectivity index (χ0) is 18.8. The number of H-pyrrole nitrogens is 1. The number of rotatable bonds is 4. The summed E-state index contributed by atoms with van der Waals surface area (Å²) in [5.74, 6) is 0.681. The quantitative estimate of drug-likeness (QED) is 0.854. The van der Waals surface area contributed by atoms with Crippen molar-refractivity contribution in [3.63, 3.8) is 0 Å². The summed E-state index contributed by atoms with van der Waals surface area (Å²) in [6, 6.07) is 5.25. The SMILES string of the molecule is CN(CC(=O)Nc1ccc2c(c1)OCCO2)C(=O)C1CCCc2cn[nH]c21. The first-order valence-electron chi connectivity index (χ1n) is 9.08. The van der Waals surface area contributed by atoms with E-state index in [-0.39, 0.29) is 24.3 Å². The van der Waals surface area contributed by atoms with Gasteiger partial charge in [0.25, 0.3) is 0 Å². The monoisotopic (exact) mass is 370 g/mol. The van der Waals surface area contributed by atoms with Gasteiger partial charge in [-0.25, -0.2) is 0 Å². The second kappa shape index (κ2) is 7.30. The Kier molecular flexibility index (Phi) is 4.70. The molecule has 1 unspecified atom stereocenters. The summed E-state index contributed by atoms with van der Waals surface area (Å²) < 4.78 is 11.0. The summed E-state index contributed by atoms with van der Waals surface area (Å²) in [5.41, 5.74) is 2.58. The van der Waals surface area contributed by atoms with Crippen molar-refractivity contribution in [2.75, 3.05) is 32.1 Å². The number of benzene rings is 1. The maximum absolute atomic E-state index is 12.8. The van der Waals surface area contributed by atoms with E-state index in [4.69, 9.17) is 9.47 Å². The molecule has 8 nitrogen and oxygen atoms in total. The minimum atomic E-state index is -0.261. The molecule has 27 heavy (non-hydrogen) atoms. The number of nitrogens with one attached hydrogen (secondary N) is 2. The molecule has 2 heterocycles. The third kappa shape index (κ3) is 3.60. The molecule has 4 rings (SSSR count). The maximum atomic E-state index is 12.8. The molecule has 0 spiro atoms. The number of amides is 2. The number of aryl methyl sites for hydroxylation is 1. The van der Waals surface area contributed by atoms with Crippen LogP contribution in [-0.2, 0) is 16.0 Å². The number of hydrogen-bond acceptors (Lipinski definition) is 5. The molecule has 1 aliphatic heterocycles. The molecule has 1 aliphatic carbocycles. The lowest BCUT2D eigenvalue weighted by atomic mass is 9.87. The van der Waals surface area contributed by atoms with Crippen molar-refractivity contribution in [1.29, 1.82) is 0 Å². The Hall–Kier alpha value is -3.03. The van der Waals surface area contributed by atoms with Crippen molar-refractivity contribution in [3.8, 4) is 11.5 Å². The lowest BCUT2D eigenvalue weighted by Crippen LogP contribution is -2.38. The highest BCUT2D eigenvalue weighted by Gasteiger charge is 2.30. The van der Waals surface area contributed by atoms with Gasteiger partial charge in [-0.15, -0.1) is 0 Å². The first-order chi connectivity index (χ1) is 13.1. The average molecular weight is 370 g/mol. The van der Waals surface area contributed by atoms with Crippen LogP contribution in [-0.4, -0.2) is 53.7 Å². The van der Waals surface area contributed by atoms with E-state index in [0.29, 0.717) is 30.4 Å². The number of nitrogens with zero attached hydrogens (tertiary/aromatic N) is 2. The van der Waals surface area contributed by atoms with Crippen molar-refractivity contribution in [1.82, 2.24) is 15.1 Å². The normalized spacial score (nSPS) is 17.7. The topological polar surface area (TPSA) is 96.6 Å². The van der Waals surface area contributed by atoms with Gasteiger partial charge in [-0.3, -0.25) is 14.7 Å². The second-order valence-corrected chi connectivity index (χ2v) is 6.85. The summed E-state index contributed by atoms with van der Waals surface area (Å²) in [7, 11) is 1.65. The van der Waals surface area contributed by atoms with E-state index in [0.717, 1.165) is 30.5 Å². The van der Waals surface area contributed by atoms with E-state index in [2.05, 4.69) is 15.5 Å². The Labute approximate surface area is 156 Å². The van der Waals surface area contributed by atoms with Crippen LogP contribution in [0.25, 0.3) is 0 Å². The third-order valence-electron chi connectivity index (χ3n) is 4.92. The van der Waals surface area contributed by atoms with Crippen molar-refractivity contribution >= 4 is 17.5 Å². The van der Waals surface area contributed by atoms with Gasteiger partial charge in [0.15, 0.2) is 11.5 Å². The minimum Gasteiger partial charge on any atom is -0.486 e. The molecule has 1 aromatic heterocycles. The number of aromatic amines is 1. The zero-order valence-corrected chi connectivity index (χ0v) is 15.2. The van der Waals surface area contributed by atoms with Crippen molar-refractivity contribution in [2.24, 2.45) is 0 Å². The lowest BCUT2D eigenvalue weighted by Gasteiger charge is -2.26. The fraction of sp³-hybridized carbons (Fsp3) is 0.421. The largest absolute Gasteiger partial charge is 0.486 e. The van der Waals surface area contributed by atoms with Crippen LogP contribution in [0.15, 0.2) is 24.4 Å². The predicted molar refractivity (Wildman–Crippen MR) is 98.0 cm³/mol. The zero-order valence-electron chi connectivity index (χ0n) is 15.2. The number of anilines is 1. The van der Waals surface area contributed by atoms with E-state index >= 15 is 0 Å². The standard InChI is InChI=1S/C19H22N4O4/c1-23(19(25)14-4-2-3-12-10-20-22-18(12)14)11-17(24)21-13-5-6-15-16(9-13)27-8-7-26-15/h5-6,9-10,14H,2-4,7-8,11H2,1H3,(H,20,22)(H,21,24). The molecule has 0 fully saturated rings. The van der Waals surface area contributed by atoms with Crippen LogP contribution in [0, 0.1) is 0 Å². The van der Waals surface area contributed by atoms with E-state index < -0.39 is 0 Å². The fourth-order valence-corrected chi connectivity index (χ4v) is 3.59. The van der Waals surface area contributed by atoms with Crippen LogP contribution in [0.5, 0.6) is 11.5 Å². The van der Waals surface area contributed by atoms with E-state index in [1.807, 2.05) is 0 Å². The Morgan fingerprint density at radius 2 is 2.11 bits per heavy atom. The molecule has 0 saturated carbocycles. The Morgan fingerprint density at radius 3 is 2.96 bits per heavy atom. The first-order valence-corrected chi connectivity index (χ1v) is 9.08.